The van der Waals surface area contributed by atoms with Crippen molar-refractivity contribution in [2.75, 3.05) is 13.1 Å². The van der Waals surface area contributed by atoms with Crippen LogP contribution >= 0.6 is 0 Å². The molecule has 1 aliphatic heterocycles. The first-order valence-electron chi connectivity index (χ1n) is 6.49. The van der Waals surface area contributed by atoms with Gasteiger partial charge in [0.15, 0.2) is 0 Å². The lowest BCUT2D eigenvalue weighted by atomic mass is 10.3. The van der Waals surface area contributed by atoms with Gasteiger partial charge in [-0.3, -0.25) is 4.90 Å². The summed E-state index contributed by atoms with van der Waals surface area (Å²) in [4.78, 5) is 2.32. The molecule has 1 atom stereocenters. The summed E-state index contributed by atoms with van der Waals surface area (Å²) in [6.45, 7) is 2.77. The Balaban J connectivity index is 1.80. The van der Waals surface area contributed by atoms with E-state index in [0.717, 1.165) is 37.4 Å². The van der Waals surface area contributed by atoms with E-state index >= 15 is 0 Å². The molecule has 0 saturated carbocycles. The number of halogens is 1. The van der Waals surface area contributed by atoms with Crippen LogP contribution in [-0.2, 0) is 6.54 Å². The van der Waals surface area contributed by atoms with E-state index in [1.165, 1.54) is 12.1 Å². The molecule has 1 aromatic carbocycles. The summed E-state index contributed by atoms with van der Waals surface area (Å²) in [5.41, 5.74) is 7.89. The molecular formula is C14H17FN4. The lowest BCUT2D eigenvalue weighted by Crippen LogP contribution is -2.27. The summed E-state index contributed by atoms with van der Waals surface area (Å²) < 4.78 is 14.8. The van der Waals surface area contributed by atoms with Crippen LogP contribution in [0.4, 0.5) is 4.39 Å². The lowest BCUT2D eigenvalue weighted by Gasteiger charge is -2.16. The molecule has 0 aliphatic carbocycles. The highest BCUT2D eigenvalue weighted by Gasteiger charge is 2.20. The number of aromatic nitrogens is 2. The molecule has 5 heteroatoms. The molecule has 0 bridgehead atoms. The molecule has 3 rings (SSSR count). The van der Waals surface area contributed by atoms with Crippen LogP contribution in [0.15, 0.2) is 36.5 Å². The van der Waals surface area contributed by atoms with E-state index in [1.807, 2.05) is 10.7 Å². The second-order valence-corrected chi connectivity index (χ2v) is 4.99. The Labute approximate surface area is 111 Å². The monoisotopic (exact) mass is 260 g/mol. The second-order valence-electron chi connectivity index (χ2n) is 4.99. The first-order valence-corrected chi connectivity index (χ1v) is 6.49. The number of hydrogen-bond acceptors (Lipinski definition) is 3. The third-order valence-corrected chi connectivity index (χ3v) is 3.49. The van der Waals surface area contributed by atoms with Crippen molar-refractivity contribution in [1.82, 2.24) is 14.7 Å². The van der Waals surface area contributed by atoms with Gasteiger partial charge in [0, 0.05) is 31.9 Å². The van der Waals surface area contributed by atoms with Gasteiger partial charge >= 0.3 is 0 Å². The van der Waals surface area contributed by atoms with Crippen LogP contribution < -0.4 is 5.73 Å². The number of hydrogen-bond donors (Lipinski definition) is 1. The maximum Gasteiger partial charge on any atom is 0.123 e. The average Bonchev–Trinajstić information content (AvgIpc) is 3.00. The van der Waals surface area contributed by atoms with Crippen LogP contribution in [0.3, 0.4) is 0 Å². The van der Waals surface area contributed by atoms with E-state index in [0.29, 0.717) is 0 Å². The Morgan fingerprint density at radius 1 is 1.26 bits per heavy atom. The van der Waals surface area contributed by atoms with Crippen molar-refractivity contribution >= 4 is 0 Å². The van der Waals surface area contributed by atoms with Crippen LogP contribution in [0.2, 0.25) is 0 Å². The Morgan fingerprint density at radius 2 is 2.05 bits per heavy atom. The summed E-state index contributed by atoms with van der Waals surface area (Å²) in [6, 6.07) is 8.65. The first-order chi connectivity index (χ1) is 9.22. The van der Waals surface area contributed by atoms with E-state index in [2.05, 4.69) is 10.00 Å². The maximum atomic E-state index is 12.9. The molecule has 0 spiro atoms. The van der Waals surface area contributed by atoms with Crippen molar-refractivity contribution in [2.45, 2.75) is 19.0 Å². The molecule has 1 fully saturated rings. The highest BCUT2D eigenvalue weighted by Crippen LogP contribution is 2.16. The van der Waals surface area contributed by atoms with Gasteiger partial charge in [0.05, 0.1) is 11.4 Å². The number of nitrogens with zero attached hydrogens (tertiary/aromatic N) is 3. The fourth-order valence-electron chi connectivity index (χ4n) is 2.50. The molecule has 1 saturated heterocycles. The van der Waals surface area contributed by atoms with E-state index in [9.17, 15) is 4.39 Å². The van der Waals surface area contributed by atoms with Crippen LogP contribution in [0.1, 0.15) is 12.1 Å². The van der Waals surface area contributed by atoms with Gasteiger partial charge in [0.1, 0.15) is 5.82 Å². The Hall–Kier alpha value is -1.72. The van der Waals surface area contributed by atoms with Crippen molar-refractivity contribution in [2.24, 2.45) is 5.73 Å². The van der Waals surface area contributed by atoms with Gasteiger partial charge in [0.25, 0.3) is 0 Å². The van der Waals surface area contributed by atoms with Gasteiger partial charge in [-0.25, -0.2) is 9.07 Å². The molecule has 0 amide bonds. The van der Waals surface area contributed by atoms with Crippen molar-refractivity contribution in [3.05, 3.63) is 48.0 Å². The largest absolute Gasteiger partial charge is 0.326 e. The first kappa shape index (κ1) is 12.3. The number of likely N-dealkylation sites (tertiary alicyclic amines) is 1. The average molecular weight is 260 g/mol. The minimum Gasteiger partial charge on any atom is -0.326 e. The molecule has 1 unspecified atom stereocenters. The molecule has 0 radical (unpaired) electrons. The highest BCUT2D eigenvalue weighted by molar-refractivity contribution is 5.32. The van der Waals surface area contributed by atoms with Crippen LogP contribution in [0.25, 0.3) is 5.69 Å². The van der Waals surface area contributed by atoms with Gasteiger partial charge in [-0.2, -0.15) is 5.10 Å². The summed E-state index contributed by atoms with van der Waals surface area (Å²) >= 11 is 0. The van der Waals surface area contributed by atoms with E-state index < -0.39 is 0 Å². The summed E-state index contributed by atoms with van der Waals surface area (Å²) in [6.07, 6.45) is 2.82. The van der Waals surface area contributed by atoms with Gasteiger partial charge < -0.3 is 5.73 Å². The van der Waals surface area contributed by atoms with Gasteiger partial charge in [-0.15, -0.1) is 0 Å². The maximum absolute atomic E-state index is 12.9. The molecule has 19 heavy (non-hydrogen) atoms. The lowest BCUT2D eigenvalue weighted by molar-refractivity contribution is 0.319. The van der Waals surface area contributed by atoms with Gasteiger partial charge in [-0.05, 0) is 36.8 Å². The van der Waals surface area contributed by atoms with Crippen molar-refractivity contribution < 1.29 is 4.39 Å². The summed E-state index contributed by atoms with van der Waals surface area (Å²) in [7, 11) is 0. The van der Waals surface area contributed by atoms with Gasteiger partial charge in [-0.1, -0.05) is 0 Å². The zero-order valence-electron chi connectivity index (χ0n) is 10.7. The second kappa shape index (κ2) is 5.11. The fraction of sp³-hybridized carbons (Fsp3) is 0.357. The summed E-state index contributed by atoms with van der Waals surface area (Å²) in [5, 5.41) is 4.31. The number of nitrogens with two attached hydrogens (primary N) is 1. The molecule has 1 aromatic heterocycles. The molecule has 2 aromatic rings. The summed E-state index contributed by atoms with van der Waals surface area (Å²) in [5.74, 6) is -0.233. The smallest absolute Gasteiger partial charge is 0.123 e. The van der Waals surface area contributed by atoms with E-state index in [4.69, 9.17) is 5.73 Å². The molecule has 1 aliphatic rings. The van der Waals surface area contributed by atoms with Crippen molar-refractivity contribution in [3.8, 4) is 5.69 Å². The van der Waals surface area contributed by atoms with Crippen LogP contribution in [0, 0.1) is 5.82 Å². The van der Waals surface area contributed by atoms with Gasteiger partial charge in [0.2, 0.25) is 0 Å². The predicted molar refractivity (Wildman–Crippen MR) is 71.4 cm³/mol. The molecule has 100 valence electrons. The third-order valence-electron chi connectivity index (χ3n) is 3.49. The molecule has 4 nitrogen and oxygen atoms in total. The van der Waals surface area contributed by atoms with E-state index in [-0.39, 0.29) is 11.9 Å². The standard InChI is InChI=1S/C14H17FN4/c15-11-1-3-13(4-2-11)19-14(5-7-17-19)10-18-8-6-12(16)9-18/h1-5,7,12H,6,8-10,16H2. The topological polar surface area (TPSA) is 47.1 Å². The minimum absolute atomic E-state index is 0.233. The predicted octanol–water partition coefficient (Wildman–Crippen LogP) is 1.54. The zero-order chi connectivity index (χ0) is 13.2. The quantitative estimate of drug-likeness (QED) is 0.910. The zero-order valence-corrected chi connectivity index (χ0v) is 10.7. The van der Waals surface area contributed by atoms with Crippen LogP contribution in [0.5, 0.6) is 0 Å². The highest BCUT2D eigenvalue weighted by atomic mass is 19.1. The Morgan fingerprint density at radius 3 is 2.74 bits per heavy atom. The normalized spacial score (nSPS) is 20.0. The number of rotatable bonds is 3. The molecule has 2 heterocycles. The SMILES string of the molecule is NC1CCN(Cc2ccnn2-c2ccc(F)cc2)C1. The van der Waals surface area contributed by atoms with Crippen molar-refractivity contribution in [3.63, 3.8) is 0 Å². The van der Waals surface area contributed by atoms with E-state index in [1.54, 1.807) is 18.3 Å². The molecule has 2 N–H and O–H groups in total. The molecular weight excluding hydrogens is 243 g/mol. The van der Waals surface area contributed by atoms with Crippen molar-refractivity contribution in [1.29, 1.82) is 0 Å². The number of benzene rings is 1. The minimum atomic E-state index is -0.233. The fourth-order valence-corrected chi connectivity index (χ4v) is 2.50. The Bertz CT molecular complexity index is 549. The Kier molecular flexibility index (Phi) is 3.31. The third kappa shape index (κ3) is 2.67. The van der Waals surface area contributed by atoms with Crippen LogP contribution in [-0.4, -0.2) is 33.8 Å².